The molecule has 0 aliphatic rings. The number of H-pyrrole nitrogens is 1. The number of pyridine rings is 1. The monoisotopic (exact) mass is 287 g/mol. The minimum atomic E-state index is -0.757. The molecule has 18 heavy (non-hydrogen) atoms. The fourth-order valence-electron chi connectivity index (χ4n) is 1.92. The molecule has 1 heterocycles. The van der Waals surface area contributed by atoms with Crippen LogP contribution in [0.5, 0.6) is 0 Å². The van der Waals surface area contributed by atoms with Crippen LogP contribution < -0.4 is 5.43 Å². The molecule has 1 aromatic heterocycles. The maximum Gasteiger partial charge on any atom is 0.191 e. The van der Waals surface area contributed by atoms with Gasteiger partial charge in [-0.1, -0.05) is 37.0 Å². The first-order chi connectivity index (χ1) is 8.40. The second-order valence-corrected chi connectivity index (χ2v) is 5.45. The molecule has 5 heteroatoms. The van der Waals surface area contributed by atoms with E-state index in [-0.39, 0.29) is 20.9 Å². The molecule has 0 radical (unpaired) electrons. The molecule has 0 aliphatic carbocycles. The number of hydrogen-bond donors (Lipinski definition) is 1. The van der Waals surface area contributed by atoms with Crippen LogP contribution in [0.15, 0.2) is 16.9 Å². The summed E-state index contributed by atoms with van der Waals surface area (Å²) in [5, 5.41) is -0.175. The summed E-state index contributed by atoms with van der Waals surface area (Å²) in [6.45, 7) is 4.10. The van der Waals surface area contributed by atoms with E-state index in [2.05, 4.69) is 4.98 Å². The summed E-state index contributed by atoms with van der Waals surface area (Å²) in [6.07, 6.45) is 0.734. The number of rotatable bonds is 2. The molecule has 0 saturated carbocycles. The summed E-state index contributed by atoms with van der Waals surface area (Å²) >= 11 is 11.5. The Morgan fingerprint density at radius 1 is 1.33 bits per heavy atom. The van der Waals surface area contributed by atoms with Gasteiger partial charge in [-0.3, -0.25) is 4.79 Å². The van der Waals surface area contributed by atoms with E-state index < -0.39 is 5.82 Å². The molecule has 0 bridgehead atoms. The highest BCUT2D eigenvalue weighted by atomic mass is 35.5. The second-order valence-electron chi connectivity index (χ2n) is 4.67. The maximum absolute atomic E-state index is 13.5. The van der Waals surface area contributed by atoms with Gasteiger partial charge in [-0.2, -0.15) is 0 Å². The summed E-state index contributed by atoms with van der Waals surface area (Å²) in [7, 11) is 0. The highest BCUT2D eigenvalue weighted by Gasteiger charge is 2.14. The Morgan fingerprint density at radius 2 is 2.00 bits per heavy atom. The molecule has 0 amide bonds. The summed E-state index contributed by atoms with van der Waals surface area (Å²) in [5.74, 6) is -0.350. The third-order valence-electron chi connectivity index (χ3n) is 2.64. The highest BCUT2D eigenvalue weighted by Crippen LogP contribution is 2.29. The van der Waals surface area contributed by atoms with Crippen molar-refractivity contribution in [2.45, 2.75) is 20.3 Å². The molecule has 1 N–H and O–H groups in total. The number of aromatic nitrogens is 1. The molecule has 0 atom stereocenters. The van der Waals surface area contributed by atoms with E-state index in [9.17, 15) is 9.18 Å². The fourth-order valence-corrected chi connectivity index (χ4v) is 2.47. The van der Waals surface area contributed by atoms with Gasteiger partial charge in [0.25, 0.3) is 0 Å². The van der Waals surface area contributed by atoms with Crippen LogP contribution in [-0.2, 0) is 6.42 Å². The largest absolute Gasteiger partial charge is 0.358 e. The van der Waals surface area contributed by atoms with Gasteiger partial charge in [-0.25, -0.2) is 4.39 Å². The van der Waals surface area contributed by atoms with E-state index in [0.29, 0.717) is 11.4 Å². The molecule has 2 aromatic rings. The molecular formula is C13H12Cl2FNO. The lowest BCUT2D eigenvalue weighted by atomic mass is 10.1. The van der Waals surface area contributed by atoms with E-state index in [1.807, 2.05) is 13.8 Å². The molecule has 0 aliphatic heterocycles. The van der Waals surface area contributed by atoms with E-state index in [0.717, 1.165) is 12.1 Å². The van der Waals surface area contributed by atoms with Gasteiger partial charge >= 0.3 is 0 Å². The number of nitrogens with one attached hydrogen (secondary N) is 1. The standard InChI is InChI=1S/C13H12Cl2FNO/c1-6(2)3-7-4-10(18)11-9(17-7)5-8(14)13(16)12(11)15/h4-6H,3H2,1-2H3,(H,17,18). The molecule has 0 fully saturated rings. The molecule has 2 rings (SSSR count). The maximum atomic E-state index is 13.5. The Morgan fingerprint density at radius 3 is 2.61 bits per heavy atom. The third kappa shape index (κ3) is 2.38. The quantitative estimate of drug-likeness (QED) is 0.826. The Labute approximate surface area is 114 Å². The topological polar surface area (TPSA) is 32.9 Å². The minimum absolute atomic E-state index is 0.0927. The molecule has 0 spiro atoms. The van der Waals surface area contributed by atoms with Crippen LogP contribution >= 0.6 is 23.2 Å². The van der Waals surface area contributed by atoms with Crippen molar-refractivity contribution in [1.82, 2.24) is 4.98 Å². The Balaban J connectivity index is 2.74. The van der Waals surface area contributed by atoms with Crippen LogP contribution in [0.25, 0.3) is 10.9 Å². The zero-order chi connectivity index (χ0) is 13.4. The second kappa shape index (κ2) is 4.90. The number of benzene rings is 1. The summed E-state index contributed by atoms with van der Waals surface area (Å²) in [6, 6.07) is 2.85. The molecular weight excluding hydrogens is 276 g/mol. The zero-order valence-corrected chi connectivity index (χ0v) is 11.5. The first kappa shape index (κ1) is 13.4. The molecule has 2 nitrogen and oxygen atoms in total. The van der Waals surface area contributed by atoms with E-state index in [1.54, 1.807) is 0 Å². The van der Waals surface area contributed by atoms with Crippen LogP contribution in [0.3, 0.4) is 0 Å². The Bertz CT molecular complexity index is 664. The van der Waals surface area contributed by atoms with Gasteiger partial charge in [0, 0.05) is 11.8 Å². The summed E-state index contributed by atoms with van der Waals surface area (Å²) < 4.78 is 13.5. The lowest BCUT2D eigenvalue weighted by Crippen LogP contribution is -2.08. The van der Waals surface area contributed by atoms with Gasteiger partial charge in [0.15, 0.2) is 11.2 Å². The van der Waals surface area contributed by atoms with Gasteiger partial charge in [0.2, 0.25) is 0 Å². The Kier molecular flexibility index (Phi) is 3.64. The molecule has 1 aromatic carbocycles. The number of fused-ring (bicyclic) bond motifs is 1. The van der Waals surface area contributed by atoms with Crippen LogP contribution in [-0.4, -0.2) is 4.98 Å². The smallest absolute Gasteiger partial charge is 0.191 e. The van der Waals surface area contributed by atoms with E-state index >= 15 is 0 Å². The van der Waals surface area contributed by atoms with Crippen LogP contribution in [0, 0.1) is 11.7 Å². The van der Waals surface area contributed by atoms with Crippen LogP contribution in [0.1, 0.15) is 19.5 Å². The predicted molar refractivity (Wildman–Crippen MR) is 73.1 cm³/mol. The number of hydrogen-bond acceptors (Lipinski definition) is 1. The fraction of sp³-hybridized carbons (Fsp3) is 0.308. The van der Waals surface area contributed by atoms with Crippen molar-refractivity contribution in [2.75, 3.05) is 0 Å². The predicted octanol–water partition coefficient (Wildman–Crippen LogP) is 4.17. The van der Waals surface area contributed by atoms with Crippen molar-refractivity contribution in [3.63, 3.8) is 0 Å². The summed E-state index contributed by atoms with van der Waals surface area (Å²) in [4.78, 5) is 15.0. The van der Waals surface area contributed by atoms with Gasteiger partial charge < -0.3 is 4.98 Å². The van der Waals surface area contributed by atoms with Gasteiger partial charge in [-0.05, 0) is 18.4 Å². The van der Waals surface area contributed by atoms with Crippen molar-refractivity contribution >= 4 is 34.1 Å². The Hall–Kier alpha value is -1.06. The average Bonchev–Trinajstić information content (AvgIpc) is 2.24. The number of halogens is 3. The highest BCUT2D eigenvalue weighted by molar-refractivity contribution is 6.38. The molecule has 0 saturated heterocycles. The average molecular weight is 288 g/mol. The summed E-state index contributed by atoms with van der Waals surface area (Å²) in [5.41, 5.74) is 0.968. The molecule has 96 valence electrons. The lowest BCUT2D eigenvalue weighted by molar-refractivity contribution is 0.629. The van der Waals surface area contributed by atoms with E-state index in [4.69, 9.17) is 23.2 Å². The van der Waals surface area contributed by atoms with E-state index in [1.165, 1.54) is 12.1 Å². The molecule has 0 unspecified atom stereocenters. The van der Waals surface area contributed by atoms with Crippen LogP contribution in [0.2, 0.25) is 10.0 Å². The SMILES string of the molecule is CC(C)Cc1cc(=O)c2c(Cl)c(F)c(Cl)cc2[nH]1. The van der Waals surface area contributed by atoms with Crippen molar-refractivity contribution < 1.29 is 4.39 Å². The van der Waals surface area contributed by atoms with Crippen molar-refractivity contribution in [3.05, 3.63) is 43.9 Å². The van der Waals surface area contributed by atoms with Crippen molar-refractivity contribution in [1.29, 1.82) is 0 Å². The first-order valence-corrected chi connectivity index (χ1v) is 6.35. The van der Waals surface area contributed by atoms with Gasteiger partial charge in [0.05, 0.1) is 20.9 Å². The van der Waals surface area contributed by atoms with Crippen molar-refractivity contribution in [2.24, 2.45) is 5.92 Å². The third-order valence-corrected chi connectivity index (χ3v) is 3.27. The van der Waals surface area contributed by atoms with Crippen molar-refractivity contribution in [3.8, 4) is 0 Å². The van der Waals surface area contributed by atoms with Crippen LogP contribution in [0.4, 0.5) is 4.39 Å². The lowest BCUT2D eigenvalue weighted by Gasteiger charge is -2.08. The minimum Gasteiger partial charge on any atom is -0.358 e. The first-order valence-electron chi connectivity index (χ1n) is 5.59. The van der Waals surface area contributed by atoms with Gasteiger partial charge in [-0.15, -0.1) is 0 Å². The zero-order valence-electron chi connectivity index (χ0n) is 9.98. The normalized spacial score (nSPS) is 11.4. The number of aromatic amines is 1. The van der Waals surface area contributed by atoms with Gasteiger partial charge in [0.1, 0.15) is 0 Å².